The van der Waals surface area contributed by atoms with Gasteiger partial charge in [-0.15, -0.1) is 0 Å². The van der Waals surface area contributed by atoms with Crippen LogP contribution in [-0.4, -0.2) is 43.9 Å². The molecule has 1 aromatic rings. The van der Waals surface area contributed by atoms with Crippen LogP contribution in [0.1, 0.15) is 29.7 Å². The highest BCUT2D eigenvalue weighted by Gasteiger charge is 2.29. The zero-order valence-electron chi connectivity index (χ0n) is 13.1. The molecule has 0 amide bonds. The number of aliphatic hydroxyl groups excluding tert-OH is 2. The summed E-state index contributed by atoms with van der Waals surface area (Å²) < 4.78 is 0. The Morgan fingerprint density at radius 1 is 1.08 bits per heavy atom. The number of rotatable bonds is 7. The monoisotopic (exact) mass is 359 g/mol. The molecule has 0 aliphatic heterocycles. The number of aliphatic hydroxyl groups is 3. The van der Waals surface area contributed by atoms with Gasteiger partial charge in [0.25, 0.3) is 0 Å². The number of carboxylic acid groups (broad SMARTS) is 3. The molecule has 0 saturated carbocycles. The van der Waals surface area contributed by atoms with Gasteiger partial charge in [-0.1, -0.05) is 0 Å². The first-order chi connectivity index (χ1) is 11.5. The maximum atomic E-state index is 10.1. The minimum Gasteiger partial charge on any atom is -0.550 e. The number of pyridine rings is 1. The molecule has 11 nitrogen and oxygen atoms in total. The van der Waals surface area contributed by atoms with Crippen LogP contribution in [0.4, 0.5) is 0 Å². The second-order valence-corrected chi connectivity index (χ2v) is 5.00. The summed E-state index contributed by atoms with van der Waals surface area (Å²) in [6.45, 7) is 1.23. The van der Waals surface area contributed by atoms with Crippen LogP contribution < -0.4 is 20.3 Å². The molecular weight excluding hydrogens is 342 g/mol. The van der Waals surface area contributed by atoms with Crippen molar-refractivity contribution in [1.82, 2.24) is 0 Å². The van der Waals surface area contributed by atoms with Crippen molar-refractivity contribution < 1.29 is 55.1 Å². The number of carboxylic acids is 3. The summed E-state index contributed by atoms with van der Waals surface area (Å²) in [5.74, 6) is -5.97. The first-order valence-corrected chi connectivity index (χ1v) is 6.75. The van der Waals surface area contributed by atoms with Gasteiger partial charge in [0, 0.05) is 37.3 Å². The Hall–Kier alpha value is -2.76. The number of nitrogens with one attached hydrogen (secondary N) is 1. The number of aromatic nitrogens is 1. The Kier molecular flexibility index (Phi) is 8.46. The van der Waals surface area contributed by atoms with Crippen LogP contribution in [0.3, 0.4) is 0 Å². The smallest absolute Gasteiger partial charge is 0.219 e. The Bertz CT molecular complexity index is 627. The van der Waals surface area contributed by atoms with Gasteiger partial charge in [-0.25, -0.2) is 4.98 Å². The zero-order chi connectivity index (χ0) is 19.8. The average Bonchev–Trinajstić information content (AvgIpc) is 2.48. The van der Waals surface area contributed by atoms with E-state index < -0.39 is 36.4 Å². The van der Waals surface area contributed by atoms with Crippen LogP contribution in [0.2, 0.25) is 0 Å². The van der Waals surface area contributed by atoms with Crippen LogP contribution in [0.25, 0.3) is 0 Å². The molecule has 0 unspecified atom stereocenters. The van der Waals surface area contributed by atoms with Gasteiger partial charge in [-0.3, -0.25) is 0 Å². The van der Waals surface area contributed by atoms with E-state index in [4.69, 9.17) is 15.3 Å². The van der Waals surface area contributed by atoms with Crippen molar-refractivity contribution in [2.45, 2.75) is 38.6 Å². The van der Waals surface area contributed by atoms with Crippen molar-refractivity contribution in [2.75, 3.05) is 0 Å². The van der Waals surface area contributed by atoms with E-state index in [0.717, 1.165) is 0 Å². The summed E-state index contributed by atoms with van der Waals surface area (Å²) in [5, 5.41) is 66.0. The normalized spacial score (nSPS) is 10.6. The van der Waals surface area contributed by atoms with Crippen LogP contribution in [0.5, 0.6) is 5.75 Å². The maximum absolute atomic E-state index is 10.1. The van der Waals surface area contributed by atoms with Crippen molar-refractivity contribution in [3.8, 4) is 5.75 Å². The summed E-state index contributed by atoms with van der Waals surface area (Å²) in [6.07, 6.45) is -1.15. The van der Waals surface area contributed by atoms with Crippen LogP contribution in [0, 0.1) is 6.92 Å². The number of aryl methyl sites for hydroxylation is 1. The van der Waals surface area contributed by atoms with E-state index in [1.165, 1.54) is 0 Å². The number of hydrogen-bond acceptors (Lipinski definition) is 10. The molecule has 0 radical (unpaired) electrons. The fourth-order valence-corrected chi connectivity index (χ4v) is 1.73. The van der Waals surface area contributed by atoms with Gasteiger partial charge >= 0.3 is 0 Å². The molecule has 0 fully saturated rings. The Labute approximate surface area is 141 Å². The fourth-order valence-electron chi connectivity index (χ4n) is 1.73. The Morgan fingerprint density at radius 3 is 1.88 bits per heavy atom. The highest BCUT2D eigenvalue weighted by molar-refractivity contribution is 5.86. The van der Waals surface area contributed by atoms with Gasteiger partial charge in [0.05, 0.1) is 24.7 Å². The quantitative estimate of drug-likeness (QED) is 0.361. The lowest BCUT2D eigenvalue weighted by Gasteiger charge is -2.29. The predicted octanol–water partition coefficient (Wildman–Crippen LogP) is -5.75. The SMILES string of the molecule is Cc1[nH+]cc(CO)c(CO)c1O.O=C([O-])CC(O)(CC(=O)[O-])C(=O)[O-]. The molecule has 1 rings (SSSR count). The third-order valence-corrected chi connectivity index (χ3v) is 3.07. The molecule has 5 N–H and O–H groups in total. The van der Waals surface area contributed by atoms with Crippen molar-refractivity contribution >= 4 is 17.9 Å². The summed E-state index contributed by atoms with van der Waals surface area (Å²) in [5.41, 5.74) is -1.50. The van der Waals surface area contributed by atoms with E-state index in [-0.39, 0.29) is 19.0 Å². The molecule has 0 bridgehead atoms. The van der Waals surface area contributed by atoms with Crippen LogP contribution >= 0.6 is 0 Å². The Morgan fingerprint density at radius 2 is 1.56 bits per heavy atom. The van der Waals surface area contributed by atoms with Crippen LogP contribution in [-0.2, 0) is 27.6 Å². The van der Waals surface area contributed by atoms with Crippen LogP contribution in [0.15, 0.2) is 6.20 Å². The van der Waals surface area contributed by atoms with E-state index in [2.05, 4.69) is 4.98 Å². The summed E-state index contributed by atoms with van der Waals surface area (Å²) in [4.78, 5) is 32.8. The van der Waals surface area contributed by atoms with Gasteiger partial charge in [-0.05, 0) is 0 Å². The van der Waals surface area contributed by atoms with E-state index in [1.54, 1.807) is 13.1 Å². The zero-order valence-corrected chi connectivity index (χ0v) is 13.1. The van der Waals surface area contributed by atoms with Gasteiger partial charge in [0.2, 0.25) is 5.69 Å². The fraction of sp³-hybridized carbons (Fsp3) is 0.429. The Balaban J connectivity index is 0.000000462. The highest BCUT2D eigenvalue weighted by Crippen LogP contribution is 2.21. The average molecular weight is 359 g/mol. The number of aromatic amines is 1. The number of carbonyl (C=O) groups excluding carboxylic acids is 3. The van der Waals surface area contributed by atoms with Gasteiger partial charge < -0.3 is 50.1 Å². The highest BCUT2D eigenvalue weighted by atomic mass is 16.4. The first-order valence-electron chi connectivity index (χ1n) is 6.75. The predicted molar refractivity (Wildman–Crippen MR) is 70.4 cm³/mol. The molecule has 1 heterocycles. The second kappa shape index (κ2) is 9.52. The minimum absolute atomic E-state index is 0.0176. The standard InChI is InChI=1S/C8H11NO3.C6H8O7/c1-5-8(12)7(4-11)6(3-10)2-9-5;7-3(8)1-6(13,5(11)12)2-4(9)10/h2,10-12H,3-4H2,1H3;13H,1-2H2,(H,7,8)(H,9,10)(H,11,12)/p-2. The minimum atomic E-state index is -2.97. The molecule has 0 aliphatic rings. The van der Waals surface area contributed by atoms with Gasteiger partial charge in [-0.2, -0.15) is 0 Å². The summed E-state index contributed by atoms with van der Waals surface area (Å²) >= 11 is 0. The third kappa shape index (κ3) is 6.71. The van der Waals surface area contributed by atoms with Gasteiger partial charge in [0.1, 0.15) is 5.60 Å². The number of carbonyl (C=O) groups is 3. The molecule has 25 heavy (non-hydrogen) atoms. The van der Waals surface area contributed by atoms with Gasteiger partial charge in [0.15, 0.2) is 11.9 Å². The molecule has 0 saturated heterocycles. The van der Waals surface area contributed by atoms with Crippen molar-refractivity contribution in [3.05, 3.63) is 23.0 Å². The lowest BCUT2D eigenvalue weighted by Crippen LogP contribution is -2.54. The number of H-pyrrole nitrogens is 1. The molecule has 140 valence electrons. The van der Waals surface area contributed by atoms with E-state index >= 15 is 0 Å². The molecule has 1 aromatic heterocycles. The van der Waals surface area contributed by atoms with E-state index in [9.17, 15) is 34.8 Å². The first kappa shape index (κ1) is 22.2. The van der Waals surface area contributed by atoms with E-state index in [1.807, 2.05) is 0 Å². The molecule has 11 heteroatoms. The van der Waals surface area contributed by atoms with Crippen molar-refractivity contribution in [3.63, 3.8) is 0 Å². The maximum Gasteiger partial charge on any atom is 0.219 e. The molecule has 0 aliphatic carbocycles. The lowest BCUT2D eigenvalue weighted by molar-refractivity contribution is -0.389. The number of aliphatic carboxylic acids is 3. The molecule has 0 atom stereocenters. The van der Waals surface area contributed by atoms with E-state index in [0.29, 0.717) is 16.8 Å². The largest absolute Gasteiger partial charge is 0.550 e. The number of hydrogen-bond donors (Lipinski definition) is 4. The topological polar surface area (TPSA) is 215 Å². The second-order valence-electron chi connectivity index (χ2n) is 5.00. The molecule has 0 spiro atoms. The third-order valence-electron chi connectivity index (χ3n) is 3.07. The lowest BCUT2D eigenvalue weighted by atomic mass is 9.96. The number of aromatic hydroxyl groups is 1. The molecule has 0 aromatic carbocycles. The van der Waals surface area contributed by atoms with Crippen molar-refractivity contribution in [2.24, 2.45) is 0 Å². The summed E-state index contributed by atoms with van der Waals surface area (Å²) in [6, 6.07) is 0. The van der Waals surface area contributed by atoms with Crippen molar-refractivity contribution in [1.29, 1.82) is 0 Å². The summed E-state index contributed by atoms with van der Waals surface area (Å²) in [7, 11) is 0. The molecular formula is C14H17NO10-2.